The molecule has 0 bridgehead atoms. The van der Waals surface area contributed by atoms with Gasteiger partial charge in [0.1, 0.15) is 11.9 Å². The summed E-state index contributed by atoms with van der Waals surface area (Å²) >= 11 is 5.63. The van der Waals surface area contributed by atoms with Crippen molar-refractivity contribution in [2.75, 3.05) is 0 Å². The molecule has 0 aliphatic carbocycles. The number of aliphatic hydroxyl groups excluding tert-OH is 1. The minimum atomic E-state index is -4.37. The van der Waals surface area contributed by atoms with Crippen LogP contribution in [0.2, 0.25) is 5.02 Å². The number of thioether (sulfide) groups is 1. The zero-order chi connectivity index (χ0) is 15.6. The van der Waals surface area contributed by atoms with Crippen molar-refractivity contribution in [2.24, 2.45) is 0 Å². The van der Waals surface area contributed by atoms with Crippen LogP contribution in [0.25, 0.3) is 0 Å². The van der Waals surface area contributed by atoms with Crippen molar-refractivity contribution < 1.29 is 22.7 Å². The second-order valence-electron chi connectivity index (χ2n) is 4.19. The van der Waals surface area contributed by atoms with Gasteiger partial charge >= 0.3 is 5.51 Å². The van der Waals surface area contributed by atoms with Crippen LogP contribution in [0.5, 0.6) is 0 Å². The Bertz CT molecular complexity index is 628. The normalized spacial score (nSPS) is 13.2. The van der Waals surface area contributed by atoms with Crippen LogP contribution >= 0.6 is 23.4 Å². The Labute approximate surface area is 127 Å². The van der Waals surface area contributed by atoms with Gasteiger partial charge < -0.3 is 5.11 Å². The van der Waals surface area contributed by atoms with Crippen molar-refractivity contribution >= 4 is 23.4 Å². The van der Waals surface area contributed by atoms with E-state index in [2.05, 4.69) is 0 Å². The highest BCUT2D eigenvalue weighted by Crippen LogP contribution is 2.37. The van der Waals surface area contributed by atoms with E-state index in [1.165, 1.54) is 30.3 Å². The highest BCUT2D eigenvalue weighted by atomic mass is 35.5. The Morgan fingerprint density at radius 2 is 1.67 bits per heavy atom. The van der Waals surface area contributed by atoms with Crippen LogP contribution in [-0.4, -0.2) is 10.6 Å². The molecule has 0 aromatic heterocycles. The van der Waals surface area contributed by atoms with E-state index in [0.29, 0.717) is 5.56 Å². The molecule has 1 nitrogen and oxygen atoms in total. The van der Waals surface area contributed by atoms with Crippen molar-refractivity contribution in [3.8, 4) is 0 Å². The van der Waals surface area contributed by atoms with Gasteiger partial charge in [-0.1, -0.05) is 23.7 Å². The van der Waals surface area contributed by atoms with Gasteiger partial charge in [-0.3, -0.25) is 0 Å². The second kappa shape index (κ2) is 6.25. The molecule has 0 spiro atoms. The van der Waals surface area contributed by atoms with E-state index >= 15 is 0 Å². The second-order valence-corrected chi connectivity index (χ2v) is 5.73. The van der Waals surface area contributed by atoms with Crippen molar-refractivity contribution in [2.45, 2.75) is 16.5 Å². The lowest BCUT2D eigenvalue weighted by molar-refractivity contribution is -0.0328. The van der Waals surface area contributed by atoms with Crippen molar-refractivity contribution in [1.82, 2.24) is 0 Å². The maximum Gasteiger partial charge on any atom is 0.446 e. The molecule has 21 heavy (non-hydrogen) atoms. The first kappa shape index (κ1) is 16.1. The fourth-order valence-electron chi connectivity index (χ4n) is 1.76. The van der Waals surface area contributed by atoms with Gasteiger partial charge in [-0.15, -0.1) is 0 Å². The first-order valence-electron chi connectivity index (χ1n) is 5.75. The van der Waals surface area contributed by atoms with E-state index < -0.39 is 17.4 Å². The number of hydrogen-bond acceptors (Lipinski definition) is 2. The average Bonchev–Trinajstić information content (AvgIpc) is 2.40. The first-order valence-corrected chi connectivity index (χ1v) is 6.94. The summed E-state index contributed by atoms with van der Waals surface area (Å²) < 4.78 is 49.8. The third-order valence-electron chi connectivity index (χ3n) is 2.68. The molecule has 2 aromatic carbocycles. The number of halogens is 5. The molecule has 0 amide bonds. The number of aliphatic hydroxyl groups is 1. The molecule has 0 aliphatic rings. The van der Waals surface area contributed by atoms with Gasteiger partial charge in [-0.2, -0.15) is 13.2 Å². The van der Waals surface area contributed by atoms with Gasteiger partial charge in [-0.05, 0) is 47.7 Å². The van der Waals surface area contributed by atoms with Crippen molar-refractivity contribution in [1.29, 1.82) is 0 Å². The summed E-state index contributed by atoms with van der Waals surface area (Å²) in [7, 11) is 0. The van der Waals surface area contributed by atoms with Gasteiger partial charge in [0.25, 0.3) is 0 Å². The lowest BCUT2D eigenvalue weighted by Crippen LogP contribution is -2.02. The summed E-state index contributed by atoms with van der Waals surface area (Å²) in [5.74, 6) is -0.558. The van der Waals surface area contributed by atoms with Crippen LogP contribution in [0.4, 0.5) is 17.6 Å². The fraction of sp³-hybridized carbons (Fsp3) is 0.143. The SMILES string of the molecule is OC(c1ccc(SC(F)(F)F)cc1)c1cc(F)ccc1Cl. The number of hydrogen-bond donors (Lipinski definition) is 1. The zero-order valence-electron chi connectivity index (χ0n) is 10.4. The Morgan fingerprint density at radius 1 is 1.05 bits per heavy atom. The van der Waals surface area contributed by atoms with Crippen molar-refractivity contribution in [3.05, 3.63) is 64.4 Å². The highest BCUT2D eigenvalue weighted by Gasteiger charge is 2.29. The lowest BCUT2D eigenvalue weighted by atomic mass is 10.0. The maximum atomic E-state index is 13.2. The van der Waals surface area contributed by atoms with Crippen LogP contribution in [0.1, 0.15) is 17.2 Å². The molecule has 0 saturated heterocycles. The zero-order valence-corrected chi connectivity index (χ0v) is 11.9. The molecule has 1 atom stereocenters. The van der Waals surface area contributed by atoms with Crippen LogP contribution in [-0.2, 0) is 0 Å². The van der Waals surface area contributed by atoms with E-state index in [1.807, 2.05) is 0 Å². The van der Waals surface area contributed by atoms with Gasteiger partial charge in [0, 0.05) is 15.5 Å². The van der Waals surface area contributed by atoms with E-state index in [0.717, 1.165) is 12.1 Å². The predicted molar refractivity (Wildman–Crippen MR) is 73.8 cm³/mol. The molecule has 0 radical (unpaired) electrons. The fourth-order valence-corrected chi connectivity index (χ4v) is 2.52. The van der Waals surface area contributed by atoms with Crippen LogP contribution in [0, 0.1) is 5.82 Å². The molecule has 2 rings (SSSR count). The number of alkyl halides is 3. The topological polar surface area (TPSA) is 20.2 Å². The van der Waals surface area contributed by atoms with Gasteiger partial charge in [0.05, 0.1) is 0 Å². The van der Waals surface area contributed by atoms with Gasteiger partial charge in [0.2, 0.25) is 0 Å². The Kier molecular flexibility index (Phi) is 4.81. The average molecular weight is 337 g/mol. The molecular weight excluding hydrogens is 328 g/mol. The third-order valence-corrected chi connectivity index (χ3v) is 3.77. The van der Waals surface area contributed by atoms with Crippen molar-refractivity contribution in [3.63, 3.8) is 0 Å². The minimum absolute atomic E-state index is 0.00351. The quantitative estimate of drug-likeness (QED) is 0.616. The molecule has 0 aliphatic heterocycles. The van der Waals surface area contributed by atoms with E-state index in [4.69, 9.17) is 11.6 Å². The number of benzene rings is 2. The maximum absolute atomic E-state index is 13.2. The lowest BCUT2D eigenvalue weighted by Gasteiger charge is -2.14. The Hall–Kier alpha value is -1.24. The van der Waals surface area contributed by atoms with E-state index in [-0.39, 0.29) is 27.2 Å². The van der Waals surface area contributed by atoms with Gasteiger partial charge in [0.15, 0.2) is 0 Å². The highest BCUT2D eigenvalue weighted by molar-refractivity contribution is 8.00. The molecule has 112 valence electrons. The van der Waals surface area contributed by atoms with Gasteiger partial charge in [-0.25, -0.2) is 4.39 Å². The minimum Gasteiger partial charge on any atom is -0.384 e. The Morgan fingerprint density at radius 3 is 2.24 bits per heavy atom. The monoisotopic (exact) mass is 336 g/mol. The standard InChI is InChI=1S/C14H9ClF4OS/c15-12-6-3-9(16)7-11(12)13(20)8-1-4-10(5-2-8)21-14(17,18)19/h1-7,13,20H. The summed E-state index contributed by atoms with van der Waals surface area (Å²) in [5.41, 5.74) is -3.88. The summed E-state index contributed by atoms with van der Waals surface area (Å²) in [4.78, 5) is 0.00351. The molecule has 2 aromatic rings. The first-order chi connectivity index (χ1) is 9.76. The summed E-state index contributed by atoms with van der Waals surface area (Å²) in [6.45, 7) is 0. The number of rotatable bonds is 3. The molecular formula is C14H9ClF4OS. The molecule has 0 heterocycles. The molecule has 0 saturated carbocycles. The Balaban J connectivity index is 2.24. The molecule has 0 fully saturated rings. The smallest absolute Gasteiger partial charge is 0.384 e. The summed E-state index contributed by atoms with van der Waals surface area (Å²) in [6, 6.07) is 8.73. The van der Waals surface area contributed by atoms with Crippen LogP contribution < -0.4 is 0 Å². The summed E-state index contributed by atoms with van der Waals surface area (Å²) in [5, 5.41) is 10.3. The molecule has 1 N–H and O–H groups in total. The van der Waals surface area contributed by atoms with E-state index in [9.17, 15) is 22.7 Å². The largest absolute Gasteiger partial charge is 0.446 e. The third kappa shape index (κ3) is 4.36. The molecule has 1 unspecified atom stereocenters. The summed E-state index contributed by atoms with van der Waals surface area (Å²) in [6.07, 6.45) is -1.21. The van der Waals surface area contributed by atoms with Crippen LogP contribution in [0.3, 0.4) is 0 Å². The van der Waals surface area contributed by atoms with Crippen LogP contribution in [0.15, 0.2) is 47.4 Å². The van der Waals surface area contributed by atoms with E-state index in [1.54, 1.807) is 0 Å². The molecule has 7 heteroatoms. The predicted octanol–water partition coefficient (Wildman–Crippen LogP) is 5.17.